The third-order valence-corrected chi connectivity index (χ3v) is 4.93. The summed E-state index contributed by atoms with van der Waals surface area (Å²) in [6, 6.07) is 0. The third-order valence-electron chi connectivity index (χ3n) is 4.93. The monoisotopic (exact) mass is 262 g/mol. The van der Waals surface area contributed by atoms with Gasteiger partial charge in [-0.1, -0.05) is 31.6 Å². The number of hydrogen-bond acceptors (Lipinski definition) is 2. The summed E-state index contributed by atoms with van der Waals surface area (Å²) in [5.41, 5.74) is 3.04. The lowest BCUT2D eigenvalue weighted by atomic mass is 9.99. The zero-order chi connectivity index (χ0) is 14.2. The van der Waals surface area contributed by atoms with Crippen LogP contribution < -0.4 is 0 Å². The molecule has 0 amide bonds. The molecule has 0 unspecified atom stereocenters. The molecule has 2 heteroatoms. The van der Waals surface area contributed by atoms with Gasteiger partial charge in [-0.25, -0.2) is 0 Å². The molecule has 19 heavy (non-hydrogen) atoms. The Morgan fingerprint density at radius 3 is 2.68 bits per heavy atom. The van der Waals surface area contributed by atoms with Crippen LogP contribution in [0.25, 0.3) is 0 Å². The predicted octanol–water partition coefficient (Wildman–Crippen LogP) is 4.27. The molecule has 106 valence electrons. The Bertz CT molecular complexity index is 429. The van der Waals surface area contributed by atoms with Gasteiger partial charge in [0.15, 0.2) is 0 Å². The fraction of sp³-hybridized carbons (Fsp3) is 0.706. The highest BCUT2D eigenvalue weighted by atomic mass is 16.5. The van der Waals surface area contributed by atoms with Crippen molar-refractivity contribution < 1.29 is 9.53 Å². The summed E-state index contributed by atoms with van der Waals surface area (Å²) in [6.45, 7) is 10.5. The Balaban J connectivity index is 2.22. The number of rotatable bonds is 1. The molecule has 0 saturated heterocycles. The molecule has 2 nitrogen and oxygen atoms in total. The molecule has 1 saturated carbocycles. The van der Waals surface area contributed by atoms with Crippen LogP contribution in [0.1, 0.15) is 53.9 Å². The van der Waals surface area contributed by atoms with Crippen LogP contribution in [0.5, 0.6) is 0 Å². The lowest BCUT2D eigenvalue weighted by molar-refractivity contribution is -0.144. The molecule has 2 rings (SSSR count). The summed E-state index contributed by atoms with van der Waals surface area (Å²) in [6.07, 6.45) is 7.77. The molecule has 0 aliphatic heterocycles. The standard InChI is InChI=1S/C17H26O2/c1-11-6-8-14-15(17(14,4)5)10-12(2)16(9-7-11)19-13(3)18/h7,10,14-16H,6,8-9H2,1-5H3/b11-7+,12-10?/t14-,15+,16-/m0/s1. The van der Waals surface area contributed by atoms with Crippen LogP contribution in [0.15, 0.2) is 23.3 Å². The summed E-state index contributed by atoms with van der Waals surface area (Å²) in [5, 5.41) is 0. The van der Waals surface area contributed by atoms with Crippen molar-refractivity contribution in [1.82, 2.24) is 0 Å². The first kappa shape index (κ1) is 14.4. The van der Waals surface area contributed by atoms with Crippen LogP contribution in [0, 0.1) is 17.3 Å². The SMILES string of the molecule is CC(=O)O[C@H]1C/C=C(\C)CC[C@H]2[C@@H](C=C1C)C2(C)C. The van der Waals surface area contributed by atoms with Gasteiger partial charge in [0.2, 0.25) is 0 Å². The van der Waals surface area contributed by atoms with E-state index in [0.29, 0.717) is 11.3 Å². The van der Waals surface area contributed by atoms with Crippen LogP contribution >= 0.6 is 0 Å². The predicted molar refractivity (Wildman–Crippen MR) is 77.7 cm³/mol. The Labute approximate surface area is 116 Å². The van der Waals surface area contributed by atoms with E-state index in [0.717, 1.165) is 12.3 Å². The van der Waals surface area contributed by atoms with Gasteiger partial charge in [0.1, 0.15) is 6.10 Å². The van der Waals surface area contributed by atoms with Crippen LogP contribution in [0.3, 0.4) is 0 Å². The Kier molecular flexibility index (Phi) is 3.89. The first-order valence-corrected chi connectivity index (χ1v) is 7.33. The molecule has 0 aromatic carbocycles. The first-order chi connectivity index (χ1) is 8.82. The van der Waals surface area contributed by atoms with Gasteiger partial charge in [-0.05, 0) is 49.5 Å². The summed E-state index contributed by atoms with van der Waals surface area (Å²) >= 11 is 0. The van der Waals surface area contributed by atoms with Crippen LogP contribution in [-0.2, 0) is 9.53 Å². The quantitative estimate of drug-likeness (QED) is 0.521. The number of allylic oxidation sites excluding steroid dienone is 2. The van der Waals surface area contributed by atoms with E-state index in [1.54, 1.807) is 0 Å². The number of esters is 1. The molecule has 2 aliphatic carbocycles. The van der Waals surface area contributed by atoms with E-state index >= 15 is 0 Å². The van der Waals surface area contributed by atoms with Crippen molar-refractivity contribution in [1.29, 1.82) is 0 Å². The van der Waals surface area contributed by atoms with E-state index < -0.39 is 0 Å². The number of fused-ring (bicyclic) bond motifs is 1. The smallest absolute Gasteiger partial charge is 0.303 e. The second-order valence-electron chi connectivity index (χ2n) is 6.79. The van der Waals surface area contributed by atoms with Crippen LogP contribution in [0.4, 0.5) is 0 Å². The van der Waals surface area contributed by atoms with Gasteiger partial charge >= 0.3 is 5.97 Å². The van der Waals surface area contributed by atoms with E-state index in [9.17, 15) is 4.79 Å². The Morgan fingerprint density at radius 1 is 1.37 bits per heavy atom. The highest BCUT2D eigenvalue weighted by Gasteiger charge is 2.55. The number of hydrogen-bond donors (Lipinski definition) is 0. The fourth-order valence-corrected chi connectivity index (χ4v) is 3.38. The minimum absolute atomic E-state index is 0.0809. The van der Waals surface area contributed by atoms with Gasteiger partial charge < -0.3 is 4.74 Å². The van der Waals surface area contributed by atoms with E-state index in [1.807, 2.05) is 0 Å². The zero-order valence-corrected chi connectivity index (χ0v) is 12.8. The summed E-state index contributed by atoms with van der Waals surface area (Å²) in [5.74, 6) is 1.24. The second-order valence-corrected chi connectivity index (χ2v) is 6.79. The highest BCUT2D eigenvalue weighted by molar-refractivity contribution is 5.66. The molecule has 0 aromatic rings. The van der Waals surface area contributed by atoms with E-state index in [-0.39, 0.29) is 12.1 Å². The van der Waals surface area contributed by atoms with E-state index in [2.05, 4.69) is 39.8 Å². The number of carbonyl (C=O) groups excluding carboxylic acids is 1. The molecule has 0 heterocycles. The molecule has 0 N–H and O–H groups in total. The topological polar surface area (TPSA) is 26.3 Å². The molecular formula is C17H26O2. The number of ether oxygens (including phenoxy) is 1. The molecule has 3 atom stereocenters. The fourth-order valence-electron chi connectivity index (χ4n) is 3.38. The van der Waals surface area contributed by atoms with Gasteiger partial charge in [-0.3, -0.25) is 4.79 Å². The highest BCUT2D eigenvalue weighted by Crippen LogP contribution is 2.61. The van der Waals surface area contributed by atoms with Crippen molar-refractivity contribution in [2.24, 2.45) is 17.3 Å². The van der Waals surface area contributed by atoms with Gasteiger partial charge in [0.25, 0.3) is 0 Å². The Morgan fingerprint density at radius 2 is 2.05 bits per heavy atom. The molecule has 0 aromatic heterocycles. The lowest BCUT2D eigenvalue weighted by Gasteiger charge is -2.18. The third kappa shape index (κ3) is 3.10. The molecule has 2 aliphatic rings. The maximum atomic E-state index is 11.2. The molecule has 1 fully saturated rings. The van der Waals surface area contributed by atoms with Crippen molar-refractivity contribution in [2.75, 3.05) is 0 Å². The van der Waals surface area contributed by atoms with Gasteiger partial charge in [-0.15, -0.1) is 0 Å². The maximum Gasteiger partial charge on any atom is 0.303 e. The average Bonchev–Trinajstić information content (AvgIpc) is 2.81. The van der Waals surface area contributed by atoms with Crippen molar-refractivity contribution in [3.8, 4) is 0 Å². The largest absolute Gasteiger partial charge is 0.458 e. The summed E-state index contributed by atoms with van der Waals surface area (Å²) in [4.78, 5) is 11.2. The molecular weight excluding hydrogens is 236 g/mol. The normalized spacial score (nSPS) is 36.4. The van der Waals surface area contributed by atoms with Crippen LogP contribution in [-0.4, -0.2) is 12.1 Å². The van der Waals surface area contributed by atoms with Crippen LogP contribution in [0.2, 0.25) is 0 Å². The second kappa shape index (κ2) is 5.15. The number of carbonyl (C=O) groups is 1. The van der Waals surface area contributed by atoms with E-state index in [1.165, 1.54) is 30.9 Å². The minimum atomic E-state index is -0.188. The van der Waals surface area contributed by atoms with E-state index in [4.69, 9.17) is 4.74 Å². The molecule has 0 bridgehead atoms. The summed E-state index contributed by atoms with van der Waals surface area (Å²) < 4.78 is 5.47. The zero-order valence-electron chi connectivity index (χ0n) is 12.8. The summed E-state index contributed by atoms with van der Waals surface area (Å²) in [7, 11) is 0. The molecule has 0 radical (unpaired) electrons. The van der Waals surface area contributed by atoms with Crippen molar-refractivity contribution in [3.63, 3.8) is 0 Å². The molecule has 0 spiro atoms. The van der Waals surface area contributed by atoms with Gasteiger partial charge in [-0.2, -0.15) is 0 Å². The van der Waals surface area contributed by atoms with Crippen molar-refractivity contribution in [3.05, 3.63) is 23.3 Å². The van der Waals surface area contributed by atoms with Gasteiger partial charge in [0, 0.05) is 13.3 Å². The average molecular weight is 262 g/mol. The van der Waals surface area contributed by atoms with Gasteiger partial charge in [0.05, 0.1) is 0 Å². The maximum absolute atomic E-state index is 11.2. The Hall–Kier alpha value is -1.05. The first-order valence-electron chi connectivity index (χ1n) is 7.33. The lowest BCUT2D eigenvalue weighted by Crippen LogP contribution is -2.17. The van der Waals surface area contributed by atoms with Crippen molar-refractivity contribution in [2.45, 2.75) is 60.0 Å². The minimum Gasteiger partial charge on any atom is -0.458 e. The van der Waals surface area contributed by atoms with Crippen molar-refractivity contribution >= 4 is 5.97 Å².